The minimum atomic E-state index is -0.0686. The molecule has 1 aromatic carbocycles. The Balaban J connectivity index is 1.50. The van der Waals surface area contributed by atoms with E-state index >= 15 is 0 Å². The molecule has 0 unspecified atom stereocenters. The number of thiophene rings is 1. The molecule has 1 aliphatic carbocycles. The van der Waals surface area contributed by atoms with Crippen molar-refractivity contribution < 1.29 is 4.79 Å². The largest absolute Gasteiger partial charge is 0.325 e. The molecular formula is C17H14ClN3OS2. The Morgan fingerprint density at radius 3 is 3.12 bits per heavy atom. The predicted octanol–water partition coefficient (Wildman–Crippen LogP) is 4.56. The van der Waals surface area contributed by atoms with E-state index in [1.54, 1.807) is 29.8 Å². The number of hydrogen-bond donors (Lipinski definition) is 1. The van der Waals surface area contributed by atoms with Gasteiger partial charge in [-0.3, -0.25) is 4.79 Å². The molecular weight excluding hydrogens is 362 g/mol. The Hall–Kier alpha value is -1.63. The van der Waals surface area contributed by atoms with Crippen molar-refractivity contribution in [3.05, 3.63) is 46.1 Å². The van der Waals surface area contributed by atoms with Crippen molar-refractivity contribution in [3.63, 3.8) is 0 Å². The maximum atomic E-state index is 12.2. The Morgan fingerprint density at radius 2 is 2.25 bits per heavy atom. The van der Waals surface area contributed by atoms with E-state index in [-0.39, 0.29) is 5.91 Å². The minimum absolute atomic E-state index is 0.0686. The molecule has 1 N–H and O–H groups in total. The van der Waals surface area contributed by atoms with Crippen molar-refractivity contribution in [2.75, 3.05) is 11.1 Å². The number of anilines is 1. The Morgan fingerprint density at radius 1 is 1.33 bits per heavy atom. The third kappa shape index (κ3) is 3.14. The van der Waals surface area contributed by atoms with Crippen molar-refractivity contribution in [2.45, 2.75) is 24.3 Å². The topological polar surface area (TPSA) is 54.9 Å². The number of amides is 1. The van der Waals surface area contributed by atoms with Gasteiger partial charge < -0.3 is 5.32 Å². The molecule has 122 valence electrons. The number of nitrogens with zero attached hydrogens (tertiary/aromatic N) is 2. The summed E-state index contributed by atoms with van der Waals surface area (Å²) in [4.78, 5) is 23.4. The van der Waals surface area contributed by atoms with E-state index in [4.69, 9.17) is 11.6 Å². The molecule has 0 fully saturated rings. The second-order valence-corrected chi connectivity index (χ2v) is 8.05. The fraction of sp³-hybridized carbons (Fsp3) is 0.235. The van der Waals surface area contributed by atoms with Crippen LogP contribution in [-0.2, 0) is 17.6 Å². The first kappa shape index (κ1) is 15.9. The number of aromatic nitrogens is 2. The average molecular weight is 376 g/mol. The van der Waals surface area contributed by atoms with Crippen molar-refractivity contribution in [3.8, 4) is 0 Å². The van der Waals surface area contributed by atoms with Crippen LogP contribution in [0.3, 0.4) is 0 Å². The highest BCUT2D eigenvalue weighted by Gasteiger charge is 2.21. The van der Waals surface area contributed by atoms with Crippen LogP contribution in [0.5, 0.6) is 0 Å². The summed E-state index contributed by atoms with van der Waals surface area (Å²) in [5.74, 6) is 0.240. The first-order valence-corrected chi connectivity index (χ1v) is 9.82. The summed E-state index contributed by atoms with van der Waals surface area (Å²) in [6.45, 7) is 0. The van der Waals surface area contributed by atoms with Gasteiger partial charge >= 0.3 is 0 Å². The molecule has 1 amide bonds. The molecule has 0 bridgehead atoms. The molecule has 0 atom stereocenters. The van der Waals surface area contributed by atoms with Crippen LogP contribution in [-0.4, -0.2) is 21.6 Å². The van der Waals surface area contributed by atoms with Crippen molar-refractivity contribution in [2.24, 2.45) is 0 Å². The van der Waals surface area contributed by atoms with E-state index in [1.165, 1.54) is 28.6 Å². The second-order valence-electron chi connectivity index (χ2n) is 5.56. The minimum Gasteiger partial charge on any atom is -0.325 e. The molecule has 0 saturated heterocycles. The van der Waals surface area contributed by atoms with Crippen LogP contribution in [0.15, 0.2) is 35.6 Å². The zero-order valence-corrected chi connectivity index (χ0v) is 15.1. The third-order valence-corrected chi connectivity index (χ3v) is 6.34. The van der Waals surface area contributed by atoms with E-state index in [1.807, 2.05) is 12.1 Å². The molecule has 0 radical (unpaired) electrons. The Labute approximate surface area is 152 Å². The van der Waals surface area contributed by atoms with E-state index in [2.05, 4.69) is 15.3 Å². The van der Waals surface area contributed by atoms with E-state index in [0.29, 0.717) is 16.5 Å². The van der Waals surface area contributed by atoms with Crippen molar-refractivity contribution in [1.29, 1.82) is 0 Å². The highest BCUT2D eigenvalue weighted by molar-refractivity contribution is 8.00. The van der Waals surface area contributed by atoms with Gasteiger partial charge in [0.05, 0.1) is 5.75 Å². The summed E-state index contributed by atoms with van der Waals surface area (Å²) < 4.78 is 0. The number of thioether (sulfide) groups is 1. The highest BCUT2D eigenvalue weighted by atomic mass is 35.5. The molecule has 2 aromatic heterocycles. The number of benzene rings is 1. The van der Waals surface area contributed by atoms with Crippen LogP contribution in [0.2, 0.25) is 5.02 Å². The number of nitrogens with one attached hydrogen (secondary N) is 1. The lowest BCUT2D eigenvalue weighted by molar-refractivity contribution is -0.113. The number of halogens is 1. The lowest BCUT2D eigenvalue weighted by Gasteiger charge is -2.06. The average Bonchev–Trinajstić information content (AvgIpc) is 3.13. The smallest absolute Gasteiger partial charge is 0.234 e. The number of hydrogen-bond acceptors (Lipinski definition) is 5. The lowest BCUT2D eigenvalue weighted by atomic mass is 10.2. The second kappa shape index (κ2) is 6.70. The number of carbonyl (C=O) groups is 1. The maximum absolute atomic E-state index is 12.2. The van der Waals surface area contributed by atoms with Gasteiger partial charge in [0.15, 0.2) is 0 Å². The van der Waals surface area contributed by atoms with Gasteiger partial charge in [-0.25, -0.2) is 9.97 Å². The highest BCUT2D eigenvalue weighted by Crippen LogP contribution is 2.39. The zero-order valence-electron chi connectivity index (χ0n) is 12.7. The monoisotopic (exact) mass is 375 g/mol. The standard InChI is InChI=1S/C17H14ClN3OS2/c18-10-3-1-4-11(7-10)21-14(22)8-23-16-15-12-5-2-6-13(12)24-17(15)20-9-19-16/h1,3-4,7,9H,2,5-6,8H2,(H,21,22). The summed E-state index contributed by atoms with van der Waals surface area (Å²) >= 11 is 9.16. The number of aryl methyl sites for hydroxylation is 2. The molecule has 4 nitrogen and oxygen atoms in total. The Kier molecular flexibility index (Phi) is 4.43. The van der Waals surface area contributed by atoms with Crippen LogP contribution in [0, 0.1) is 0 Å². The third-order valence-electron chi connectivity index (χ3n) is 3.91. The van der Waals surface area contributed by atoms with Gasteiger partial charge in [-0.1, -0.05) is 29.4 Å². The number of rotatable bonds is 4. The fourth-order valence-corrected chi connectivity index (χ4v) is 5.22. The van der Waals surface area contributed by atoms with Gasteiger partial charge in [0.1, 0.15) is 16.2 Å². The van der Waals surface area contributed by atoms with Gasteiger partial charge in [-0.2, -0.15) is 0 Å². The maximum Gasteiger partial charge on any atom is 0.234 e. The molecule has 4 rings (SSSR count). The Bertz CT molecular complexity index is 925. The summed E-state index contributed by atoms with van der Waals surface area (Å²) in [7, 11) is 0. The molecule has 0 saturated carbocycles. The van der Waals surface area contributed by atoms with Gasteiger partial charge in [-0.05, 0) is 43.0 Å². The molecule has 24 heavy (non-hydrogen) atoms. The van der Waals surface area contributed by atoms with Gasteiger partial charge in [0.25, 0.3) is 0 Å². The molecule has 1 aliphatic rings. The summed E-state index contributed by atoms with van der Waals surface area (Å²) in [5, 5.41) is 5.52. The quantitative estimate of drug-likeness (QED) is 0.536. The van der Waals surface area contributed by atoms with E-state index in [9.17, 15) is 4.79 Å². The zero-order chi connectivity index (χ0) is 16.5. The normalized spacial score (nSPS) is 13.2. The molecule has 0 spiro atoms. The van der Waals surface area contributed by atoms with Crippen LogP contribution < -0.4 is 5.32 Å². The van der Waals surface area contributed by atoms with Crippen molar-refractivity contribution in [1.82, 2.24) is 9.97 Å². The van der Waals surface area contributed by atoms with Crippen LogP contribution in [0.1, 0.15) is 16.9 Å². The molecule has 3 aromatic rings. The van der Waals surface area contributed by atoms with Crippen LogP contribution in [0.4, 0.5) is 5.69 Å². The molecule has 0 aliphatic heterocycles. The summed E-state index contributed by atoms with van der Waals surface area (Å²) in [5.41, 5.74) is 2.09. The van der Waals surface area contributed by atoms with Crippen LogP contribution in [0.25, 0.3) is 10.2 Å². The van der Waals surface area contributed by atoms with Crippen molar-refractivity contribution >= 4 is 56.5 Å². The first-order valence-electron chi connectivity index (χ1n) is 7.64. The summed E-state index contributed by atoms with van der Waals surface area (Å²) in [6, 6.07) is 7.15. The lowest BCUT2D eigenvalue weighted by Crippen LogP contribution is -2.14. The number of fused-ring (bicyclic) bond motifs is 3. The molecule has 7 heteroatoms. The molecule has 2 heterocycles. The fourth-order valence-electron chi connectivity index (χ4n) is 2.91. The first-order chi connectivity index (χ1) is 11.7. The predicted molar refractivity (Wildman–Crippen MR) is 100 cm³/mol. The van der Waals surface area contributed by atoms with Gasteiger partial charge in [0.2, 0.25) is 5.91 Å². The summed E-state index contributed by atoms with van der Waals surface area (Å²) in [6.07, 6.45) is 5.01. The number of carbonyl (C=O) groups excluding carboxylic acids is 1. The van der Waals surface area contributed by atoms with Gasteiger partial charge in [0, 0.05) is 21.0 Å². The van der Waals surface area contributed by atoms with Gasteiger partial charge in [-0.15, -0.1) is 11.3 Å². The SMILES string of the molecule is O=C(CSc1ncnc2sc3c(c12)CCC3)Nc1cccc(Cl)c1. The van der Waals surface area contributed by atoms with Crippen LogP contribution >= 0.6 is 34.7 Å². The van der Waals surface area contributed by atoms with E-state index < -0.39 is 0 Å². The van der Waals surface area contributed by atoms with E-state index in [0.717, 1.165) is 28.1 Å².